The average Bonchev–Trinajstić information content (AvgIpc) is 2.90. The maximum atomic E-state index is 14.1. The lowest BCUT2D eigenvalue weighted by Crippen LogP contribution is -2.28. The normalized spacial score (nSPS) is 11.7. The monoisotopic (exact) mass is 490 g/mol. The number of aryl methyl sites for hydroxylation is 1. The number of benzene rings is 2. The van der Waals surface area contributed by atoms with Gasteiger partial charge in [0.2, 0.25) is 5.95 Å². The van der Waals surface area contributed by atoms with E-state index in [4.69, 9.17) is 10.7 Å². The molecule has 0 saturated heterocycles. The van der Waals surface area contributed by atoms with Gasteiger partial charge in [-0.15, -0.1) is 0 Å². The van der Waals surface area contributed by atoms with Crippen LogP contribution in [0.15, 0.2) is 82.6 Å². The number of nitriles is 1. The van der Waals surface area contributed by atoms with Gasteiger partial charge >= 0.3 is 0 Å². The molecule has 10 heteroatoms. The number of anilines is 2. The summed E-state index contributed by atoms with van der Waals surface area (Å²) in [6, 6.07) is 19.3. The van der Waals surface area contributed by atoms with E-state index < -0.39 is 6.04 Å². The summed E-state index contributed by atoms with van der Waals surface area (Å²) in [5.41, 5.74) is 7.81. The SMILES string of the molecule is C[C@H](Nc1nc(N)ncc1C#N)c1nc2cccc(-c3ccn(C)c(=O)c3)c2c(=O)n1-c1ccccc1. The maximum Gasteiger partial charge on any atom is 0.266 e. The van der Waals surface area contributed by atoms with E-state index in [0.29, 0.717) is 33.5 Å². The van der Waals surface area contributed by atoms with E-state index in [1.807, 2.05) is 43.3 Å². The second kappa shape index (κ2) is 9.39. The fourth-order valence-corrected chi connectivity index (χ4v) is 4.18. The minimum absolute atomic E-state index is 0.0132. The van der Waals surface area contributed by atoms with Crippen LogP contribution in [-0.2, 0) is 7.05 Å². The highest BCUT2D eigenvalue weighted by Crippen LogP contribution is 2.28. The predicted molar refractivity (Wildman–Crippen MR) is 141 cm³/mol. The Kier molecular flexibility index (Phi) is 5.95. The zero-order chi connectivity index (χ0) is 26.1. The first-order valence-electron chi connectivity index (χ1n) is 11.4. The van der Waals surface area contributed by atoms with Gasteiger partial charge in [-0.2, -0.15) is 10.2 Å². The summed E-state index contributed by atoms with van der Waals surface area (Å²) in [6.45, 7) is 1.82. The van der Waals surface area contributed by atoms with Crippen LogP contribution in [0, 0.1) is 11.3 Å². The molecule has 0 amide bonds. The van der Waals surface area contributed by atoms with E-state index in [1.165, 1.54) is 21.4 Å². The van der Waals surface area contributed by atoms with Crippen LogP contribution in [0.25, 0.3) is 27.7 Å². The molecule has 0 aliphatic heterocycles. The van der Waals surface area contributed by atoms with E-state index in [9.17, 15) is 14.9 Å². The number of para-hydroxylation sites is 1. The predicted octanol–water partition coefficient (Wildman–Crippen LogP) is 3.17. The van der Waals surface area contributed by atoms with Gasteiger partial charge in [-0.25, -0.2) is 9.97 Å². The third-order valence-corrected chi connectivity index (χ3v) is 6.02. The van der Waals surface area contributed by atoms with Crippen molar-refractivity contribution in [3.63, 3.8) is 0 Å². The van der Waals surface area contributed by atoms with Crippen LogP contribution in [0.5, 0.6) is 0 Å². The standard InChI is InChI=1S/C27H22N8O2/c1-16(31-24-18(14-28)15-30-27(29)33-24)25-32-21-10-6-9-20(17-11-12-34(2)22(36)13-17)23(21)26(37)35(25)19-7-4-3-5-8-19/h3-13,15-16H,1-2H3,(H3,29,30,31,33)/t16-/m0/s1. The van der Waals surface area contributed by atoms with Gasteiger partial charge in [0, 0.05) is 19.3 Å². The third kappa shape index (κ3) is 4.30. The van der Waals surface area contributed by atoms with Crippen molar-refractivity contribution in [3.8, 4) is 22.9 Å². The number of nitrogens with two attached hydrogens (primary N) is 1. The Labute approximate surface area is 211 Å². The Morgan fingerprint density at radius 3 is 2.57 bits per heavy atom. The van der Waals surface area contributed by atoms with E-state index in [2.05, 4.69) is 15.3 Å². The molecule has 5 rings (SSSR count). The van der Waals surface area contributed by atoms with Crippen LogP contribution < -0.4 is 22.2 Å². The highest BCUT2D eigenvalue weighted by Gasteiger charge is 2.21. The summed E-state index contributed by atoms with van der Waals surface area (Å²) in [5.74, 6) is 0.663. The highest BCUT2D eigenvalue weighted by atomic mass is 16.1. The molecular formula is C27H22N8O2. The summed E-state index contributed by atoms with van der Waals surface area (Å²) < 4.78 is 3.00. The fraction of sp³-hybridized carbons (Fsp3) is 0.111. The van der Waals surface area contributed by atoms with Gasteiger partial charge < -0.3 is 15.6 Å². The molecule has 2 aromatic carbocycles. The molecule has 3 heterocycles. The minimum atomic E-state index is -0.550. The number of hydrogen-bond donors (Lipinski definition) is 2. The number of nitrogen functional groups attached to an aromatic ring is 1. The molecule has 182 valence electrons. The van der Waals surface area contributed by atoms with Crippen LogP contribution in [0.1, 0.15) is 24.4 Å². The zero-order valence-electron chi connectivity index (χ0n) is 20.1. The Morgan fingerprint density at radius 1 is 1.05 bits per heavy atom. The molecule has 0 saturated carbocycles. The zero-order valence-corrected chi connectivity index (χ0v) is 20.1. The number of hydrogen-bond acceptors (Lipinski definition) is 8. The smallest absolute Gasteiger partial charge is 0.266 e. The van der Waals surface area contributed by atoms with Crippen molar-refractivity contribution in [1.82, 2.24) is 24.1 Å². The van der Waals surface area contributed by atoms with Crippen LogP contribution in [-0.4, -0.2) is 24.1 Å². The summed E-state index contributed by atoms with van der Waals surface area (Å²) >= 11 is 0. The molecule has 1 atom stereocenters. The Hall–Kier alpha value is -5.30. The summed E-state index contributed by atoms with van der Waals surface area (Å²) in [4.78, 5) is 39.4. The lowest BCUT2D eigenvalue weighted by molar-refractivity contribution is 0.730. The van der Waals surface area contributed by atoms with Crippen molar-refractivity contribution in [2.45, 2.75) is 13.0 Å². The molecule has 0 bridgehead atoms. The molecule has 0 radical (unpaired) electrons. The maximum absolute atomic E-state index is 14.1. The van der Waals surface area contributed by atoms with Crippen molar-refractivity contribution in [2.24, 2.45) is 7.05 Å². The van der Waals surface area contributed by atoms with E-state index in [0.717, 1.165) is 0 Å². The molecule has 5 aromatic rings. The van der Waals surface area contributed by atoms with E-state index in [-0.39, 0.29) is 28.4 Å². The number of pyridine rings is 1. The Bertz CT molecular complexity index is 1800. The average molecular weight is 491 g/mol. The van der Waals surface area contributed by atoms with E-state index in [1.54, 1.807) is 37.5 Å². The first-order chi connectivity index (χ1) is 17.9. The second-order valence-electron chi connectivity index (χ2n) is 8.48. The van der Waals surface area contributed by atoms with Crippen LogP contribution in [0.4, 0.5) is 11.8 Å². The van der Waals surface area contributed by atoms with Gasteiger partial charge in [-0.3, -0.25) is 14.2 Å². The van der Waals surface area contributed by atoms with Crippen molar-refractivity contribution in [3.05, 3.63) is 105 Å². The molecular weight excluding hydrogens is 468 g/mol. The number of fused-ring (bicyclic) bond motifs is 1. The second-order valence-corrected chi connectivity index (χ2v) is 8.48. The fourth-order valence-electron chi connectivity index (χ4n) is 4.18. The van der Waals surface area contributed by atoms with Gasteiger partial charge in [0.15, 0.2) is 0 Å². The van der Waals surface area contributed by atoms with Crippen LogP contribution >= 0.6 is 0 Å². The number of aromatic nitrogens is 5. The molecule has 0 aliphatic carbocycles. The third-order valence-electron chi connectivity index (χ3n) is 6.02. The van der Waals surface area contributed by atoms with Crippen molar-refractivity contribution in [1.29, 1.82) is 5.26 Å². The van der Waals surface area contributed by atoms with Gasteiger partial charge in [0.25, 0.3) is 11.1 Å². The van der Waals surface area contributed by atoms with Crippen molar-refractivity contribution in [2.75, 3.05) is 11.1 Å². The summed E-state index contributed by atoms with van der Waals surface area (Å²) in [7, 11) is 1.67. The molecule has 0 spiro atoms. The molecule has 3 N–H and O–H groups in total. The van der Waals surface area contributed by atoms with Gasteiger partial charge in [0.05, 0.1) is 28.8 Å². The highest BCUT2D eigenvalue weighted by molar-refractivity contribution is 5.94. The molecule has 0 fully saturated rings. The lowest BCUT2D eigenvalue weighted by Gasteiger charge is -2.21. The first-order valence-corrected chi connectivity index (χ1v) is 11.4. The quantitative estimate of drug-likeness (QED) is 0.382. The molecule has 3 aromatic heterocycles. The summed E-state index contributed by atoms with van der Waals surface area (Å²) in [5, 5.41) is 13.0. The van der Waals surface area contributed by atoms with Crippen molar-refractivity contribution < 1.29 is 0 Å². The summed E-state index contributed by atoms with van der Waals surface area (Å²) in [6.07, 6.45) is 3.01. The van der Waals surface area contributed by atoms with Crippen LogP contribution in [0.3, 0.4) is 0 Å². The molecule has 10 nitrogen and oxygen atoms in total. The van der Waals surface area contributed by atoms with Crippen LogP contribution in [0.2, 0.25) is 0 Å². The molecule has 37 heavy (non-hydrogen) atoms. The Balaban J connectivity index is 1.76. The van der Waals surface area contributed by atoms with Crippen molar-refractivity contribution >= 4 is 22.7 Å². The lowest BCUT2D eigenvalue weighted by atomic mass is 10.0. The molecule has 0 aliphatic rings. The van der Waals surface area contributed by atoms with Gasteiger partial charge in [0.1, 0.15) is 23.3 Å². The number of rotatable bonds is 5. The number of nitrogens with one attached hydrogen (secondary N) is 1. The largest absolute Gasteiger partial charge is 0.368 e. The number of nitrogens with zero attached hydrogens (tertiary/aromatic N) is 6. The molecule has 0 unspecified atom stereocenters. The van der Waals surface area contributed by atoms with E-state index >= 15 is 0 Å². The Morgan fingerprint density at radius 2 is 1.84 bits per heavy atom. The minimum Gasteiger partial charge on any atom is -0.368 e. The topological polar surface area (TPSA) is 145 Å². The van der Waals surface area contributed by atoms with Gasteiger partial charge in [-0.1, -0.05) is 30.3 Å². The first kappa shape index (κ1) is 23.4. The van der Waals surface area contributed by atoms with Gasteiger partial charge in [-0.05, 0) is 42.3 Å².